The molecule has 0 aromatic heterocycles. The summed E-state index contributed by atoms with van der Waals surface area (Å²) >= 11 is 5.93. The molecule has 0 aliphatic carbocycles. The molecule has 0 saturated carbocycles. The van der Waals surface area contributed by atoms with Crippen LogP contribution in [-0.2, 0) is 11.3 Å². The lowest BCUT2D eigenvalue weighted by Crippen LogP contribution is -2.22. The Bertz CT molecular complexity index is 439. The van der Waals surface area contributed by atoms with Crippen LogP contribution in [-0.4, -0.2) is 32.0 Å². The van der Waals surface area contributed by atoms with Gasteiger partial charge in [-0.15, -0.1) is 0 Å². The van der Waals surface area contributed by atoms with Crippen LogP contribution < -0.4 is 10.1 Å². The lowest BCUT2D eigenvalue weighted by Gasteiger charge is -2.14. The zero-order chi connectivity index (χ0) is 15.9. The molecule has 7 heteroatoms. The summed E-state index contributed by atoms with van der Waals surface area (Å²) < 4.78 is 45.6. The van der Waals surface area contributed by atoms with E-state index in [9.17, 15) is 13.2 Å². The highest BCUT2D eigenvalue weighted by Gasteiger charge is 2.27. The number of halogens is 4. The first-order valence-electron chi connectivity index (χ1n) is 6.57. The van der Waals surface area contributed by atoms with Crippen molar-refractivity contribution >= 4 is 11.6 Å². The quantitative estimate of drug-likeness (QED) is 0.738. The van der Waals surface area contributed by atoms with Gasteiger partial charge in [0.2, 0.25) is 0 Å². The van der Waals surface area contributed by atoms with Crippen LogP contribution in [0.25, 0.3) is 0 Å². The van der Waals surface area contributed by atoms with Crippen LogP contribution in [0.4, 0.5) is 13.2 Å². The molecular formula is C14H19ClF3NO2. The van der Waals surface area contributed by atoms with Crippen molar-refractivity contribution in [3.63, 3.8) is 0 Å². The summed E-state index contributed by atoms with van der Waals surface area (Å²) in [6.45, 7) is 3.24. The molecule has 1 N–H and O–H groups in total. The molecule has 0 bridgehead atoms. The summed E-state index contributed by atoms with van der Waals surface area (Å²) in [5.74, 6) is 0.586. The van der Waals surface area contributed by atoms with Gasteiger partial charge in [-0.2, -0.15) is 13.2 Å². The molecule has 0 aliphatic heterocycles. The SMILES string of the molecule is CC(C)NCc1cc(Cl)ccc1OCCOCC(F)(F)F. The second-order valence-electron chi connectivity index (χ2n) is 4.80. The minimum Gasteiger partial charge on any atom is -0.491 e. The predicted octanol–water partition coefficient (Wildman–Crippen LogP) is 3.80. The zero-order valence-electron chi connectivity index (χ0n) is 12.0. The Labute approximate surface area is 127 Å². The third-order valence-corrected chi connectivity index (χ3v) is 2.71. The lowest BCUT2D eigenvalue weighted by atomic mass is 10.2. The second kappa shape index (κ2) is 8.46. The maximum atomic E-state index is 11.9. The van der Waals surface area contributed by atoms with Gasteiger partial charge in [0.05, 0.1) is 6.61 Å². The first-order valence-corrected chi connectivity index (χ1v) is 6.95. The fraction of sp³-hybridized carbons (Fsp3) is 0.571. The highest BCUT2D eigenvalue weighted by molar-refractivity contribution is 6.30. The van der Waals surface area contributed by atoms with Gasteiger partial charge in [-0.05, 0) is 18.2 Å². The van der Waals surface area contributed by atoms with E-state index in [0.29, 0.717) is 23.4 Å². The van der Waals surface area contributed by atoms with Gasteiger partial charge in [0, 0.05) is 23.2 Å². The second-order valence-corrected chi connectivity index (χ2v) is 5.24. The molecule has 0 amide bonds. The van der Waals surface area contributed by atoms with Crippen LogP contribution in [0.1, 0.15) is 19.4 Å². The number of ether oxygens (including phenoxy) is 2. The third-order valence-electron chi connectivity index (χ3n) is 2.47. The highest BCUT2D eigenvalue weighted by atomic mass is 35.5. The van der Waals surface area contributed by atoms with Crippen LogP contribution in [0.5, 0.6) is 5.75 Å². The van der Waals surface area contributed by atoms with Crippen LogP contribution >= 0.6 is 11.6 Å². The van der Waals surface area contributed by atoms with E-state index in [1.807, 2.05) is 13.8 Å². The van der Waals surface area contributed by atoms with Gasteiger partial charge in [-0.3, -0.25) is 0 Å². The smallest absolute Gasteiger partial charge is 0.411 e. The van der Waals surface area contributed by atoms with Crippen molar-refractivity contribution in [2.24, 2.45) is 0 Å². The Morgan fingerprint density at radius 2 is 1.95 bits per heavy atom. The Morgan fingerprint density at radius 1 is 1.24 bits per heavy atom. The summed E-state index contributed by atoms with van der Waals surface area (Å²) in [7, 11) is 0. The van der Waals surface area contributed by atoms with Gasteiger partial charge in [0.15, 0.2) is 0 Å². The molecule has 0 aliphatic rings. The Morgan fingerprint density at radius 3 is 2.57 bits per heavy atom. The lowest BCUT2D eigenvalue weighted by molar-refractivity contribution is -0.175. The summed E-state index contributed by atoms with van der Waals surface area (Å²) in [5, 5.41) is 3.81. The monoisotopic (exact) mass is 325 g/mol. The normalized spacial score (nSPS) is 12.0. The van der Waals surface area contributed by atoms with E-state index < -0.39 is 12.8 Å². The molecule has 21 heavy (non-hydrogen) atoms. The van der Waals surface area contributed by atoms with Crippen LogP contribution in [0.15, 0.2) is 18.2 Å². The summed E-state index contributed by atoms with van der Waals surface area (Å²) in [5.41, 5.74) is 0.854. The van der Waals surface area contributed by atoms with Gasteiger partial charge >= 0.3 is 6.18 Å². The molecule has 3 nitrogen and oxygen atoms in total. The molecule has 0 spiro atoms. The molecule has 0 saturated heterocycles. The number of nitrogens with one attached hydrogen (secondary N) is 1. The van der Waals surface area contributed by atoms with E-state index in [0.717, 1.165) is 5.56 Å². The van der Waals surface area contributed by atoms with E-state index in [1.165, 1.54) is 0 Å². The minimum absolute atomic E-state index is 0.0480. The number of hydrogen-bond donors (Lipinski definition) is 1. The van der Waals surface area contributed by atoms with Crippen molar-refractivity contribution < 1.29 is 22.6 Å². The van der Waals surface area contributed by atoms with E-state index in [2.05, 4.69) is 10.1 Å². The van der Waals surface area contributed by atoms with E-state index >= 15 is 0 Å². The third kappa shape index (κ3) is 8.14. The largest absolute Gasteiger partial charge is 0.491 e. The zero-order valence-corrected chi connectivity index (χ0v) is 12.7. The molecule has 0 radical (unpaired) electrons. The fourth-order valence-electron chi connectivity index (χ4n) is 1.54. The number of hydrogen-bond acceptors (Lipinski definition) is 3. The maximum absolute atomic E-state index is 11.9. The van der Waals surface area contributed by atoms with Crippen LogP contribution in [0.2, 0.25) is 5.02 Å². The van der Waals surface area contributed by atoms with Crippen molar-refractivity contribution in [1.82, 2.24) is 5.32 Å². The summed E-state index contributed by atoms with van der Waals surface area (Å²) in [4.78, 5) is 0. The van der Waals surface area contributed by atoms with E-state index in [1.54, 1.807) is 18.2 Å². The van der Waals surface area contributed by atoms with Gasteiger partial charge in [-0.25, -0.2) is 0 Å². The number of rotatable bonds is 8. The van der Waals surface area contributed by atoms with Gasteiger partial charge < -0.3 is 14.8 Å². The number of alkyl halides is 3. The first kappa shape index (κ1) is 18.1. The molecule has 0 atom stereocenters. The van der Waals surface area contributed by atoms with Crippen molar-refractivity contribution in [2.45, 2.75) is 32.6 Å². The molecular weight excluding hydrogens is 307 g/mol. The van der Waals surface area contributed by atoms with Gasteiger partial charge in [0.25, 0.3) is 0 Å². The predicted molar refractivity (Wildman–Crippen MR) is 75.8 cm³/mol. The van der Waals surface area contributed by atoms with Crippen molar-refractivity contribution in [2.75, 3.05) is 19.8 Å². The van der Waals surface area contributed by atoms with Gasteiger partial charge in [-0.1, -0.05) is 25.4 Å². The van der Waals surface area contributed by atoms with E-state index in [-0.39, 0.29) is 13.2 Å². The fourth-order valence-corrected chi connectivity index (χ4v) is 1.73. The number of benzene rings is 1. The minimum atomic E-state index is -4.31. The first-order chi connectivity index (χ1) is 9.78. The Kier molecular flexibility index (Phi) is 7.28. The van der Waals surface area contributed by atoms with Crippen molar-refractivity contribution in [3.8, 4) is 5.75 Å². The summed E-state index contributed by atoms with van der Waals surface area (Å²) in [6, 6.07) is 5.44. The van der Waals surface area contributed by atoms with Crippen LogP contribution in [0.3, 0.4) is 0 Å². The topological polar surface area (TPSA) is 30.5 Å². The molecule has 1 rings (SSSR count). The van der Waals surface area contributed by atoms with Gasteiger partial charge in [0.1, 0.15) is 19.0 Å². The molecule has 0 heterocycles. The maximum Gasteiger partial charge on any atom is 0.411 e. The average molecular weight is 326 g/mol. The van der Waals surface area contributed by atoms with Crippen LogP contribution in [0, 0.1) is 0 Å². The highest BCUT2D eigenvalue weighted by Crippen LogP contribution is 2.23. The molecule has 0 unspecified atom stereocenters. The Hall–Kier alpha value is -0.980. The van der Waals surface area contributed by atoms with Crippen molar-refractivity contribution in [1.29, 1.82) is 0 Å². The van der Waals surface area contributed by atoms with Crippen molar-refractivity contribution in [3.05, 3.63) is 28.8 Å². The standard InChI is InChI=1S/C14H19ClF3NO2/c1-10(2)19-8-11-7-12(15)3-4-13(11)21-6-5-20-9-14(16,17)18/h3-4,7,10,19H,5-6,8-9H2,1-2H3. The summed E-state index contributed by atoms with van der Waals surface area (Å²) in [6.07, 6.45) is -4.31. The Balaban J connectivity index is 2.46. The molecule has 120 valence electrons. The molecule has 1 aromatic rings. The molecule has 0 fully saturated rings. The molecule has 1 aromatic carbocycles. The van der Waals surface area contributed by atoms with E-state index in [4.69, 9.17) is 16.3 Å². The average Bonchev–Trinajstić information content (AvgIpc) is 2.36.